The zero-order valence-electron chi connectivity index (χ0n) is 20.1. The summed E-state index contributed by atoms with van der Waals surface area (Å²) in [6.45, 7) is 0.136. The molecule has 0 unspecified atom stereocenters. The Balaban J connectivity index is 1.54. The molecule has 0 aliphatic carbocycles. The predicted octanol–water partition coefficient (Wildman–Crippen LogP) is 4.29. The minimum atomic E-state index is -0.404. The molecule has 0 spiro atoms. The van der Waals surface area contributed by atoms with E-state index in [0.29, 0.717) is 41.0 Å². The van der Waals surface area contributed by atoms with Crippen molar-refractivity contribution in [3.63, 3.8) is 0 Å². The lowest BCUT2D eigenvalue weighted by Crippen LogP contribution is -2.17. The lowest BCUT2D eigenvalue weighted by molar-refractivity contribution is -0.120. The summed E-state index contributed by atoms with van der Waals surface area (Å²) in [5.41, 5.74) is 2.24. The lowest BCUT2D eigenvalue weighted by atomic mass is 10.2. The van der Waals surface area contributed by atoms with Gasteiger partial charge in [-0.3, -0.25) is 4.79 Å². The van der Waals surface area contributed by atoms with Gasteiger partial charge >= 0.3 is 0 Å². The summed E-state index contributed by atoms with van der Waals surface area (Å²) in [6, 6.07) is 18.5. The molecular weight excluding hydrogens is 452 g/mol. The Morgan fingerprint density at radius 1 is 0.829 bits per heavy atom. The molecule has 0 aromatic heterocycles. The normalized spacial score (nSPS) is 10.5. The Bertz CT molecular complexity index is 1120. The second-order valence-electron chi connectivity index (χ2n) is 7.15. The van der Waals surface area contributed by atoms with Gasteiger partial charge in [-0.1, -0.05) is 35.5 Å². The van der Waals surface area contributed by atoms with Gasteiger partial charge in [0.15, 0.2) is 29.6 Å². The Morgan fingerprint density at radius 2 is 1.51 bits per heavy atom. The van der Waals surface area contributed by atoms with Crippen molar-refractivity contribution in [2.24, 2.45) is 5.16 Å². The first-order valence-corrected chi connectivity index (χ1v) is 10.7. The molecule has 184 valence electrons. The highest BCUT2D eigenvalue weighted by atomic mass is 16.6. The number of hydrogen-bond acceptors (Lipinski definition) is 8. The van der Waals surface area contributed by atoms with Crippen LogP contribution in [-0.2, 0) is 16.2 Å². The molecule has 0 bridgehead atoms. The van der Waals surface area contributed by atoms with Crippen LogP contribution in [0.3, 0.4) is 0 Å². The van der Waals surface area contributed by atoms with Crippen LogP contribution < -0.4 is 29.0 Å². The van der Waals surface area contributed by atoms with E-state index in [2.05, 4.69) is 10.5 Å². The molecule has 1 amide bonds. The van der Waals surface area contributed by atoms with E-state index in [-0.39, 0.29) is 6.61 Å². The topological polar surface area (TPSA) is 96.8 Å². The van der Waals surface area contributed by atoms with Crippen LogP contribution in [0, 0.1) is 0 Å². The first-order chi connectivity index (χ1) is 17.1. The molecule has 35 heavy (non-hydrogen) atoms. The van der Waals surface area contributed by atoms with Crippen LogP contribution in [-0.4, -0.2) is 47.2 Å². The van der Waals surface area contributed by atoms with Gasteiger partial charge in [0, 0.05) is 23.4 Å². The zero-order valence-corrected chi connectivity index (χ0v) is 20.1. The van der Waals surface area contributed by atoms with Crippen LogP contribution in [0.25, 0.3) is 0 Å². The maximum atomic E-state index is 12.3. The fraction of sp³-hybridized carbons (Fsp3) is 0.231. The van der Waals surface area contributed by atoms with Crippen molar-refractivity contribution in [2.75, 3.05) is 40.4 Å². The number of oxime groups is 1. The van der Waals surface area contributed by atoms with Crippen LogP contribution in [0.4, 0.5) is 5.69 Å². The van der Waals surface area contributed by atoms with E-state index in [0.717, 1.165) is 11.1 Å². The average molecular weight is 481 g/mol. The Labute approximate surface area is 204 Å². The van der Waals surface area contributed by atoms with E-state index in [9.17, 15) is 4.79 Å². The van der Waals surface area contributed by atoms with Gasteiger partial charge in [-0.25, -0.2) is 0 Å². The van der Waals surface area contributed by atoms with Crippen molar-refractivity contribution in [2.45, 2.75) is 6.61 Å². The molecular formula is C26H28N2O7. The minimum absolute atomic E-state index is 0.289. The minimum Gasteiger partial charge on any atom is -0.493 e. The fourth-order valence-corrected chi connectivity index (χ4v) is 3.16. The largest absolute Gasteiger partial charge is 0.493 e. The van der Waals surface area contributed by atoms with Crippen molar-refractivity contribution < 1.29 is 33.3 Å². The number of nitrogens with zero attached hydrogens (tertiary/aromatic N) is 1. The number of rotatable bonds is 12. The first kappa shape index (κ1) is 25.2. The van der Waals surface area contributed by atoms with Crippen LogP contribution in [0.15, 0.2) is 65.8 Å². The molecule has 0 heterocycles. The summed E-state index contributed by atoms with van der Waals surface area (Å²) >= 11 is 0. The van der Waals surface area contributed by atoms with Crippen LogP contribution in [0.1, 0.15) is 11.1 Å². The molecule has 1 N–H and O–H groups in total. The van der Waals surface area contributed by atoms with E-state index in [1.54, 1.807) is 31.4 Å². The summed E-state index contributed by atoms with van der Waals surface area (Å²) in [4.78, 5) is 17.4. The maximum absolute atomic E-state index is 12.3. The van der Waals surface area contributed by atoms with Crippen LogP contribution >= 0.6 is 0 Å². The van der Waals surface area contributed by atoms with E-state index in [4.69, 9.17) is 28.5 Å². The van der Waals surface area contributed by atoms with Gasteiger partial charge in [0.1, 0.15) is 6.61 Å². The first-order valence-electron chi connectivity index (χ1n) is 10.7. The van der Waals surface area contributed by atoms with E-state index in [1.165, 1.54) is 27.5 Å². The van der Waals surface area contributed by atoms with Crippen molar-refractivity contribution in [3.05, 3.63) is 71.8 Å². The Kier molecular flexibility index (Phi) is 9.18. The van der Waals surface area contributed by atoms with Gasteiger partial charge in [-0.2, -0.15) is 0 Å². The second kappa shape index (κ2) is 12.7. The number of amides is 1. The molecule has 0 aliphatic rings. The zero-order chi connectivity index (χ0) is 25.0. The standard InChI is InChI=1S/C26H28N2O7/c1-30-22-12-19(10-11-21(22)34-16-18-8-6-5-7-9-18)15-27-35-17-25(29)28-20-13-23(31-2)26(33-4)24(14-20)32-3/h5-15H,16-17H2,1-4H3,(H,28,29)/b27-15+. The number of anilines is 1. The monoisotopic (exact) mass is 480 g/mol. The number of ether oxygens (including phenoxy) is 5. The molecule has 0 fully saturated rings. The van der Waals surface area contributed by atoms with Crippen LogP contribution in [0.5, 0.6) is 28.7 Å². The predicted molar refractivity (Wildman–Crippen MR) is 132 cm³/mol. The van der Waals surface area contributed by atoms with Crippen molar-refractivity contribution in [3.8, 4) is 28.7 Å². The third-order valence-corrected chi connectivity index (χ3v) is 4.85. The molecule has 0 atom stereocenters. The molecule has 9 heteroatoms. The number of hydrogen-bond donors (Lipinski definition) is 1. The lowest BCUT2D eigenvalue weighted by Gasteiger charge is -2.14. The molecule has 0 radical (unpaired) electrons. The Morgan fingerprint density at radius 3 is 2.14 bits per heavy atom. The SMILES string of the molecule is COc1cc(/C=N/OCC(=O)Nc2cc(OC)c(OC)c(OC)c2)ccc1OCc1ccccc1. The highest BCUT2D eigenvalue weighted by Crippen LogP contribution is 2.39. The molecule has 3 aromatic rings. The molecule has 0 aliphatic heterocycles. The number of methoxy groups -OCH3 is 4. The van der Waals surface area contributed by atoms with Gasteiger partial charge < -0.3 is 33.8 Å². The number of carbonyl (C=O) groups is 1. The molecule has 0 saturated carbocycles. The summed E-state index contributed by atoms with van der Waals surface area (Å²) < 4.78 is 27.1. The van der Waals surface area contributed by atoms with E-state index < -0.39 is 5.91 Å². The van der Waals surface area contributed by atoms with Gasteiger partial charge in [-0.05, 0) is 23.8 Å². The number of nitrogens with one attached hydrogen (secondary N) is 1. The molecule has 9 nitrogen and oxygen atoms in total. The van der Waals surface area contributed by atoms with Gasteiger partial charge in [0.05, 0.1) is 34.7 Å². The third-order valence-electron chi connectivity index (χ3n) is 4.85. The van der Waals surface area contributed by atoms with Gasteiger partial charge in [-0.15, -0.1) is 0 Å². The summed E-state index contributed by atoms with van der Waals surface area (Å²) in [6.07, 6.45) is 1.48. The van der Waals surface area contributed by atoms with Gasteiger partial charge in [0.25, 0.3) is 5.91 Å². The smallest absolute Gasteiger partial charge is 0.265 e. The highest BCUT2D eigenvalue weighted by Gasteiger charge is 2.14. The van der Waals surface area contributed by atoms with Crippen molar-refractivity contribution >= 4 is 17.8 Å². The molecule has 3 aromatic carbocycles. The fourth-order valence-electron chi connectivity index (χ4n) is 3.16. The Hall–Kier alpha value is -4.40. The third kappa shape index (κ3) is 7.04. The maximum Gasteiger partial charge on any atom is 0.265 e. The highest BCUT2D eigenvalue weighted by molar-refractivity contribution is 5.92. The van der Waals surface area contributed by atoms with Crippen molar-refractivity contribution in [1.82, 2.24) is 0 Å². The number of carbonyl (C=O) groups excluding carboxylic acids is 1. The summed E-state index contributed by atoms with van der Waals surface area (Å²) in [7, 11) is 6.07. The van der Waals surface area contributed by atoms with Crippen LogP contribution in [0.2, 0.25) is 0 Å². The average Bonchev–Trinajstić information content (AvgIpc) is 2.90. The van der Waals surface area contributed by atoms with Crippen molar-refractivity contribution in [1.29, 1.82) is 0 Å². The second-order valence-corrected chi connectivity index (χ2v) is 7.15. The molecule has 3 rings (SSSR count). The summed E-state index contributed by atoms with van der Waals surface area (Å²) in [5.74, 6) is 2.04. The quantitative estimate of drug-likeness (QED) is 0.305. The van der Waals surface area contributed by atoms with Gasteiger partial charge in [0.2, 0.25) is 5.75 Å². The molecule has 0 saturated heterocycles. The van der Waals surface area contributed by atoms with E-state index >= 15 is 0 Å². The number of benzene rings is 3. The summed E-state index contributed by atoms with van der Waals surface area (Å²) in [5, 5.41) is 6.57. The van der Waals surface area contributed by atoms with E-state index in [1.807, 2.05) is 36.4 Å².